The molecular formula is C16H26N2O. The van der Waals surface area contributed by atoms with Gasteiger partial charge in [0.2, 0.25) is 0 Å². The van der Waals surface area contributed by atoms with Crippen LogP contribution in [0.1, 0.15) is 36.2 Å². The number of nitrogens with zero attached hydrogens (tertiary/aromatic N) is 1. The van der Waals surface area contributed by atoms with Gasteiger partial charge < -0.3 is 10.2 Å². The fraction of sp³-hybridized carbons (Fsp3) is 0.562. The van der Waals surface area contributed by atoms with E-state index in [4.69, 9.17) is 0 Å². The summed E-state index contributed by atoms with van der Waals surface area (Å²) >= 11 is 0. The van der Waals surface area contributed by atoms with Crippen molar-refractivity contribution >= 4 is 5.91 Å². The Morgan fingerprint density at radius 1 is 1.32 bits per heavy atom. The number of carbonyl (C=O) groups is 1. The lowest BCUT2D eigenvalue weighted by Crippen LogP contribution is -2.29. The second-order valence-electron chi connectivity index (χ2n) is 5.42. The fourth-order valence-corrected chi connectivity index (χ4v) is 1.97. The van der Waals surface area contributed by atoms with Crippen LogP contribution in [0.5, 0.6) is 0 Å². The molecule has 1 aromatic carbocycles. The smallest absolute Gasteiger partial charge is 0.253 e. The number of nitrogens with one attached hydrogen (secondary N) is 1. The van der Waals surface area contributed by atoms with Crippen LogP contribution < -0.4 is 5.32 Å². The highest BCUT2D eigenvalue weighted by Gasteiger charge is 2.15. The van der Waals surface area contributed by atoms with E-state index in [1.165, 1.54) is 0 Å². The first-order chi connectivity index (χ1) is 9.06. The van der Waals surface area contributed by atoms with Crippen LogP contribution in [0.15, 0.2) is 24.3 Å². The number of carbonyl (C=O) groups excluding carboxylic acids is 1. The Morgan fingerprint density at radius 3 is 2.63 bits per heavy atom. The average Bonchev–Trinajstić information content (AvgIpc) is 2.42. The fourth-order valence-electron chi connectivity index (χ4n) is 1.97. The molecule has 0 aliphatic heterocycles. The molecule has 3 nitrogen and oxygen atoms in total. The van der Waals surface area contributed by atoms with Crippen LogP contribution >= 0.6 is 0 Å². The number of amides is 1. The van der Waals surface area contributed by atoms with Gasteiger partial charge in [-0.2, -0.15) is 0 Å². The van der Waals surface area contributed by atoms with E-state index >= 15 is 0 Å². The molecule has 0 saturated heterocycles. The van der Waals surface area contributed by atoms with Crippen LogP contribution in [0, 0.1) is 5.92 Å². The number of rotatable bonds is 7. The lowest BCUT2D eigenvalue weighted by molar-refractivity contribution is 0.0788. The van der Waals surface area contributed by atoms with Crippen molar-refractivity contribution < 1.29 is 4.79 Å². The summed E-state index contributed by atoms with van der Waals surface area (Å²) in [5.74, 6) is 0.752. The first-order valence-electron chi connectivity index (χ1n) is 7.04. The van der Waals surface area contributed by atoms with Gasteiger partial charge in [-0.25, -0.2) is 0 Å². The molecular weight excluding hydrogens is 236 g/mol. The van der Waals surface area contributed by atoms with Crippen LogP contribution in [-0.4, -0.2) is 38.0 Å². The summed E-state index contributed by atoms with van der Waals surface area (Å²) in [4.78, 5) is 14.3. The van der Waals surface area contributed by atoms with Crippen molar-refractivity contribution in [3.8, 4) is 0 Å². The summed E-state index contributed by atoms with van der Waals surface area (Å²) in [6.07, 6.45) is 1.93. The molecule has 106 valence electrons. The first kappa shape index (κ1) is 15.7. The van der Waals surface area contributed by atoms with Crippen molar-refractivity contribution in [3.05, 3.63) is 35.4 Å². The minimum atomic E-state index is 0.132. The molecule has 0 fully saturated rings. The highest BCUT2D eigenvalue weighted by atomic mass is 16.2. The van der Waals surface area contributed by atoms with Crippen molar-refractivity contribution in [3.63, 3.8) is 0 Å². The molecule has 1 aromatic rings. The van der Waals surface area contributed by atoms with Gasteiger partial charge in [-0.05, 0) is 44.0 Å². The lowest BCUT2D eigenvalue weighted by atomic mass is 10.0. The van der Waals surface area contributed by atoms with Gasteiger partial charge in [-0.15, -0.1) is 0 Å². The standard InChI is InChI=1S/C16H26N2O/c1-13(2)10-12-18(4)16(19)15-8-6-5-7-14(15)9-11-17-3/h5-8,13,17H,9-12H2,1-4H3. The van der Waals surface area contributed by atoms with Crippen molar-refractivity contribution in [1.82, 2.24) is 10.2 Å². The molecule has 1 amide bonds. The summed E-state index contributed by atoms with van der Waals surface area (Å²) in [6, 6.07) is 7.91. The summed E-state index contributed by atoms with van der Waals surface area (Å²) in [7, 11) is 3.82. The van der Waals surface area contributed by atoms with Crippen molar-refractivity contribution in [2.24, 2.45) is 5.92 Å². The zero-order valence-corrected chi connectivity index (χ0v) is 12.6. The number of likely N-dealkylation sites (N-methyl/N-ethyl adjacent to an activating group) is 1. The Balaban J connectivity index is 2.74. The van der Waals surface area contributed by atoms with Crippen molar-refractivity contribution in [1.29, 1.82) is 0 Å². The normalized spacial score (nSPS) is 10.8. The van der Waals surface area contributed by atoms with Crippen LogP contribution in [0.25, 0.3) is 0 Å². The molecule has 0 heterocycles. The predicted octanol–water partition coefficient (Wildman–Crippen LogP) is 2.57. The molecule has 0 spiro atoms. The average molecular weight is 262 g/mol. The zero-order chi connectivity index (χ0) is 14.3. The summed E-state index contributed by atoms with van der Waals surface area (Å²) < 4.78 is 0. The maximum absolute atomic E-state index is 12.4. The van der Waals surface area contributed by atoms with Crippen LogP contribution in [0.2, 0.25) is 0 Å². The second-order valence-corrected chi connectivity index (χ2v) is 5.42. The predicted molar refractivity (Wildman–Crippen MR) is 80.5 cm³/mol. The molecule has 0 aromatic heterocycles. The molecule has 0 aliphatic rings. The summed E-state index contributed by atoms with van der Waals surface area (Å²) in [6.45, 7) is 6.06. The Morgan fingerprint density at radius 2 is 2.00 bits per heavy atom. The Kier molecular flexibility index (Phi) is 6.57. The van der Waals surface area contributed by atoms with Gasteiger partial charge in [0, 0.05) is 19.2 Å². The van der Waals surface area contributed by atoms with Crippen LogP contribution in [-0.2, 0) is 6.42 Å². The van der Waals surface area contributed by atoms with E-state index in [1.54, 1.807) is 0 Å². The van der Waals surface area contributed by atoms with Crippen LogP contribution in [0.3, 0.4) is 0 Å². The molecule has 0 unspecified atom stereocenters. The minimum absolute atomic E-state index is 0.132. The van der Waals surface area contributed by atoms with Crippen molar-refractivity contribution in [2.45, 2.75) is 26.7 Å². The third kappa shape index (κ3) is 5.03. The zero-order valence-electron chi connectivity index (χ0n) is 12.6. The van der Waals surface area contributed by atoms with E-state index in [9.17, 15) is 4.79 Å². The monoisotopic (exact) mass is 262 g/mol. The van der Waals surface area contributed by atoms with E-state index in [-0.39, 0.29) is 5.91 Å². The number of hydrogen-bond donors (Lipinski definition) is 1. The number of hydrogen-bond acceptors (Lipinski definition) is 2. The van der Waals surface area contributed by atoms with E-state index in [1.807, 2.05) is 43.3 Å². The summed E-state index contributed by atoms with van der Waals surface area (Å²) in [5.41, 5.74) is 1.96. The Bertz CT molecular complexity index is 401. The molecule has 0 aliphatic carbocycles. The molecule has 1 N–H and O–H groups in total. The SMILES string of the molecule is CNCCc1ccccc1C(=O)N(C)CCC(C)C. The first-order valence-corrected chi connectivity index (χ1v) is 7.04. The van der Waals surface area contributed by atoms with Gasteiger partial charge in [-0.3, -0.25) is 4.79 Å². The lowest BCUT2D eigenvalue weighted by Gasteiger charge is -2.20. The topological polar surface area (TPSA) is 32.3 Å². The quantitative estimate of drug-likeness (QED) is 0.819. The van der Waals surface area contributed by atoms with E-state index < -0.39 is 0 Å². The van der Waals surface area contributed by atoms with E-state index in [0.717, 1.165) is 37.1 Å². The molecule has 3 heteroatoms. The summed E-state index contributed by atoms with van der Waals surface area (Å²) in [5, 5.41) is 3.13. The highest BCUT2D eigenvalue weighted by molar-refractivity contribution is 5.95. The van der Waals surface area contributed by atoms with Gasteiger partial charge in [0.1, 0.15) is 0 Å². The number of benzene rings is 1. The molecule has 0 saturated carbocycles. The Labute approximate surface area is 117 Å². The second kappa shape index (κ2) is 7.95. The van der Waals surface area contributed by atoms with Gasteiger partial charge >= 0.3 is 0 Å². The molecule has 0 radical (unpaired) electrons. The van der Waals surface area contributed by atoms with E-state index in [2.05, 4.69) is 19.2 Å². The largest absolute Gasteiger partial charge is 0.342 e. The molecule has 0 atom stereocenters. The third-order valence-electron chi connectivity index (χ3n) is 3.28. The molecule has 19 heavy (non-hydrogen) atoms. The van der Waals surface area contributed by atoms with E-state index in [0.29, 0.717) is 5.92 Å². The van der Waals surface area contributed by atoms with Crippen LogP contribution in [0.4, 0.5) is 0 Å². The Hall–Kier alpha value is -1.35. The van der Waals surface area contributed by atoms with Gasteiger partial charge in [-0.1, -0.05) is 32.0 Å². The molecule has 1 rings (SSSR count). The highest BCUT2D eigenvalue weighted by Crippen LogP contribution is 2.13. The van der Waals surface area contributed by atoms with Gasteiger partial charge in [0.15, 0.2) is 0 Å². The maximum Gasteiger partial charge on any atom is 0.253 e. The third-order valence-corrected chi connectivity index (χ3v) is 3.28. The van der Waals surface area contributed by atoms with Gasteiger partial charge in [0.05, 0.1) is 0 Å². The maximum atomic E-state index is 12.4. The van der Waals surface area contributed by atoms with Gasteiger partial charge in [0.25, 0.3) is 5.91 Å². The van der Waals surface area contributed by atoms with Crippen molar-refractivity contribution in [2.75, 3.05) is 27.2 Å². The molecule has 0 bridgehead atoms. The minimum Gasteiger partial charge on any atom is -0.342 e.